The van der Waals surface area contributed by atoms with Crippen LogP contribution >= 0.6 is 0 Å². The number of rotatable bonds is 6. The molecule has 1 heterocycles. The normalized spacial score (nSPS) is 23.7. The summed E-state index contributed by atoms with van der Waals surface area (Å²) in [6.07, 6.45) is 5.44. The Morgan fingerprint density at radius 1 is 1.30 bits per heavy atom. The molecule has 0 radical (unpaired) electrons. The smallest absolute Gasteiger partial charge is 0.118 e. The van der Waals surface area contributed by atoms with Gasteiger partial charge in [0.1, 0.15) is 11.5 Å². The molecule has 2 unspecified atom stereocenters. The van der Waals surface area contributed by atoms with E-state index in [1.54, 1.807) is 0 Å². The van der Waals surface area contributed by atoms with Crippen molar-refractivity contribution in [3.05, 3.63) is 23.7 Å². The quantitative estimate of drug-likeness (QED) is 0.858. The van der Waals surface area contributed by atoms with E-state index in [1.165, 1.54) is 25.7 Å². The van der Waals surface area contributed by atoms with Crippen LogP contribution in [0.2, 0.25) is 0 Å². The first-order valence-electron chi connectivity index (χ1n) is 8.05. The zero-order chi connectivity index (χ0) is 14.5. The lowest BCUT2D eigenvalue weighted by molar-refractivity contribution is 0.148. The molecule has 1 aliphatic rings. The zero-order valence-corrected chi connectivity index (χ0v) is 13.5. The van der Waals surface area contributed by atoms with Crippen LogP contribution in [-0.2, 0) is 13.1 Å². The monoisotopic (exact) mass is 278 g/mol. The molecular weight excluding hydrogens is 248 g/mol. The van der Waals surface area contributed by atoms with Gasteiger partial charge in [0.15, 0.2) is 0 Å². The molecule has 0 bridgehead atoms. The molecule has 114 valence electrons. The molecule has 20 heavy (non-hydrogen) atoms. The van der Waals surface area contributed by atoms with Crippen molar-refractivity contribution >= 4 is 0 Å². The SMILES string of the molecule is CC1CCCC(N(C)Cc2ccc(CNC(C)C)o2)C1. The second kappa shape index (κ2) is 7.28. The maximum Gasteiger partial charge on any atom is 0.118 e. The first-order chi connectivity index (χ1) is 9.54. The lowest BCUT2D eigenvalue weighted by atomic mass is 9.86. The number of nitrogens with zero attached hydrogens (tertiary/aromatic N) is 1. The molecule has 1 N–H and O–H groups in total. The van der Waals surface area contributed by atoms with Crippen molar-refractivity contribution in [3.63, 3.8) is 0 Å². The Labute approximate surface area is 123 Å². The van der Waals surface area contributed by atoms with Gasteiger partial charge in [-0.25, -0.2) is 0 Å². The van der Waals surface area contributed by atoms with Gasteiger partial charge in [0, 0.05) is 12.1 Å². The van der Waals surface area contributed by atoms with E-state index in [1.807, 2.05) is 0 Å². The van der Waals surface area contributed by atoms with Crippen LogP contribution in [-0.4, -0.2) is 24.0 Å². The van der Waals surface area contributed by atoms with E-state index in [2.05, 4.69) is 50.2 Å². The number of nitrogens with one attached hydrogen (secondary N) is 1. The van der Waals surface area contributed by atoms with Crippen LogP contribution in [0.5, 0.6) is 0 Å². The summed E-state index contributed by atoms with van der Waals surface area (Å²) < 4.78 is 5.92. The summed E-state index contributed by atoms with van der Waals surface area (Å²) in [4.78, 5) is 2.47. The highest BCUT2D eigenvalue weighted by Crippen LogP contribution is 2.27. The molecule has 0 aromatic carbocycles. The minimum absolute atomic E-state index is 0.495. The van der Waals surface area contributed by atoms with Crippen molar-refractivity contribution in [2.75, 3.05) is 7.05 Å². The third kappa shape index (κ3) is 4.64. The third-order valence-corrected chi connectivity index (χ3v) is 4.34. The van der Waals surface area contributed by atoms with E-state index in [0.717, 1.165) is 36.6 Å². The van der Waals surface area contributed by atoms with Crippen LogP contribution in [0.3, 0.4) is 0 Å². The molecule has 1 aliphatic carbocycles. The Bertz CT molecular complexity index is 399. The maximum atomic E-state index is 5.92. The molecule has 1 aromatic rings. The predicted octanol–water partition coefficient (Wildman–Crippen LogP) is 3.79. The second-order valence-electron chi connectivity index (χ2n) is 6.74. The van der Waals surface area contributed by atoms with Gasteiger partial charge in [0.05, 0.1) is 13.1 Å². The van der Waals surface area contributed by atoms with Crippen LogP contribution in [0.15, 0.2) is 16.5 Å². The molecule has 2 rings (SSSR count). The molecule has 3 heteroatoms. The summed E-state index contributed by atoms with van der Waals surface area (Å²) in [6, 6.07) is 5.44. The molecule has 0 aliphatic heterocycles. The van der Waals surface area contributed by atoms with E-state index in [-0.39, 0.29) is 0 Å². The lowest BCUT2D eigenvalue weighted by Gasteiger charge is -2.33. The first kappa shape index (κ1) is 15.6. The number of hydrogen-bond acceptors (Lipinski definition) is 3. The molecule has 1 saturated carbocycles. The Hall–Kier alpha value is -0.800. The lowest BCUT2D eigenvalue weighted by Crippen LogP contribution is -2.34. The minimum Gasteiger partial charge on any atom is -0.463 e. The third-order valence-electron chi connectivity index (χ3n) is 4.34. The summed E-state index contributed by atoms with van der Waals surface area (Å²) in [5.41, 5.74) is 0. The highest BCUT2D eigenvalue weighted by Gasteiger charge is 2.22. The molecule has 1 fully saturated rings. The standard InChI is InChI=1S/C17H30N2O/c1-13(2)18-11-16-8-9-17(20-16)12-19(4)15-7-5-6-14(3)10-15/h8-9,13-15,18H,5-7,10-12H2,1-4H3. The molecule has 0 amide bonds. The average molecular weight is 278 g/mol. The highest BCUT2D eigenvalue weighted by molar-refractivity contribution is 5.07. The van der Waals surface area contributed by atoms with E-state index in [9.17, 15) is 0 Å². The molecule has 1 aromatic heterocycles. The summed E-state index contributed by atoms with van der Waals surface area (Å²) in [7, 11) is 2.23. The van der Waals surface area contributed by atoms with Crippen molar-refractivity contribution in [3.8, 4) is 0 Å². The van der Waals surface area contributed by atoms with Gasteiger partial charge in [0.2, 0.25) is 0 Å². The molecule has 0 saturated heterocycles. The van der Waals surface area contributed by atoms with E-state index >= 15 is 0 Å². The Morgan fingerprint density at radius 2 is 2.05 bits per heavy atom. The van der Waals surface area contributed by atoms with Gasteiger partial charge in [-0.3, -0.25) is 4.90 Å². The first-order valence-corrected chi connectivity index (χ1v) is 8.05. The van der Waals surface area contributed by atoms with Crippen molar-refractivity contribution in [1.29, 1.82) is 0 Å². The fourth-order valence-corrected chi connectivity index (χ4v) is 3.08. The largest absolute Gasteiger partial charge is 0.463 e. The van der Waals surface area contributed by atoms with Crippen LogP contribution in [0, 0.1) is 5.92 Å². The maximum absolute atomic E-state index is 5.92. The topological polar surface area (TPSA) is 28.4 Å². The van der Waals surface area contributed by atoms with E-state index in [0.29, 0.717) is 6.04 Å². The van der Waals surface area contributed by atoms with Crippen LogP contribution < -0.4 is 5.32 Å². The molecule has 0 spiro atoms. The van der Waals surface area contributed by atoms with Gasteiger partial charge in [-0.2, -0.15) is 0 Å². The van der Waals surface area contributed by atoms with Gasteiger partial charge < -0.3 is 9.73 Å². The van der Waals surface area contributed by atoms with Crippen LogP contribution in [0.4, 0.5) is 0 Å². The van der Waals surface area contributed by atoms with Gasteiger partial charge in [-0.05, 0) is 37.9 Å². The Kier molecular flexibility index (Phi) is 5.67. The number of furan rings is 1. The Morgan fingerprint density at radius 3 is 2.75 bits per heavy atom. The van der Waals surface area contributed by atoms with Crippen LogP contribution in [0.1, 0.15) is 58.0 Å². The van der Waals surface area contributed by atoms with Crippen LogP contribution in [0.25, 0.3) is 0 Å². The van der Waals surface area contributed by atoms with Crippen molar-refractivity contribution in [2.24, 2.45) is 5.92 Å². The predicted molar refractivity (Wildman–Crippen MR) is 83.6 cm³/mol. The van der Waals surface area contributed by atoms with Crippen molar-refractivity contribution in [1.82, 2.24) is 10.2 Å². The van der Waals surface area contributed by atoms with E-state index < -0.39 is 0 Å². The van der Waals surface area contributed by atoms with E-state index in [4.69, 9.17) is 4.42 Å². The van der Waals surface area contributed by atoms with Crippen molar-refractivity contribution in [2.45, 2.75) is 71.6 Å². The number of hydrogen-bond donors (Lipinski definition) is 1. The zero-order valence-electron chi connectivity index (χ0n) is 13.5. The van der Waals surface area contributed by atoms with Gasteiger partial charge >= 0.3 is 0 Å². The highest BCUT2D eigenvalue weighted by atomic mass is 16.3. The average Bonchev–Trinajstić information content (AvgIpc) is 2.84. The van der Waals surface area contributed by atoms with Crippen molar-refractivity contribution < 1.29 is 4.42 Å². The van der Waals surface area contributed by atoms with Gasteiger partial charge in [-0.1, -0.05) is 33.6 Å². The fourth-order valence-electron chi connectivity index (χ4n) is 3.08. The Balaban J connectivity index is 1.83. The summed E-state index contributed by atoms with van der Waals surface area (Å²) >= 11 is 0. The molecule has 2 atom stereocenters. The molecule has 3 nitrogen and oxygen atoms in total. The van der Waals surface area contributed by atoms with Gasteiger partial charge in [-0.15, -0.1) is 0 Å². The summed E-state index contributed by atoms with van der Waals surface area (Å²) in [6.45, 7) is 8.44. The van der Waals surface area contributed by atoms with Gasteiger partial charge in [0.25, 0.3) is 0 Å². The summed E-state index contributed by atoms with van der Waals surface area (Å²) in [5, 5.41) is 3.39. The minimum atomic E-state index is 0.495. The fraction of sp³-hybridized carbons (Fsp3) is 0.765. The second-order valence-corrected chi connectivity index (χ2v) is 6.74. The molecular formula is C17H30N2O. The summed E-state index contributed by atoms with van der Waals surface area (Å²) in [5.74, 6) is 3.00.